The van der Waals surface area contributed by atoms with Crippen LogP contribution in [0.25, 0.3) is 16.2 Å². The first-order chi connectivity index (χ1) is 13.2. The second kappa shape index (κ2) is 7.25. The lowest BCUT2D eigenvalue weighted by atomic mass is 10.1. The summed E-state index contributed by atoms with van der Waals surface area (Å²) >= 11 is 1.42. The number of hydrogen-bond acceptors (Lipinski definition) is 4. The quantitative estimate of drug-likeness (QED) is 0.518. The minimum atomic E-state index is -1.03. The van der Waals surface area contributed by atoms with Gasteiger partial charge in [-0.2, -0.15) is 0 Å². The van der Waals surface area contributed by atoms with E-state index in [0.717, 1.165) is 29.0 Å². The second-order valence-corrected chi connectivity index (χ2v) is 7.00. The zero-order valence-corrected chi connectivity index (χ0v) is 15.6. The third-order valence-electron chi connectivity index (χ3n) is 4.39. The molecule has 2 heterocycles. The van der Waals surface area contributed by atoms with Crippen LogP contribution in [-0.4, -0.2) is 20.5 Å². The summed E-state index contributed by atoms with van der Waals surface area (Å²) in [6, 6.07) is 16.1. The van der Waals surface area contributed by atoms with E-state index >= 15 is 0 Å². The normalized spacial score (nSPS) is 11.0. The first kappa shape index (κ1) is 17.3. The van der Waals surface area contributed by atoms with Crippen molar-refractivity contribution in [1.82, 2.24) is 9.38 Å². The standard InChI is InChI=1S/C21H18N2O3S/c1-2-14-8-9-19(26-12-15-6-4-3-5-7-15)16(10-14)18-13-27-21-22-17(20(24)25)11-23(18)21/h3-11,13H,2,12H2,1H3,(H,24,25). The minimum absolute atomic E-state index is 0.0431. The van der Waals surface area contributed by atoms with E-state index < -0.39 is 5.97 Å². The Morgan fingerprint density at radius 2 is 2.00 bits per heavy atom. The highest BCUT2D eigenvalue weighted by Crippen LogP contribution is 2.35. The molecule has 0 aliphatic carbocycles. The molecule has 4 aromatic rings. The number of carboxylic acid groups (broad SMARTS) is 1. The number of rotatable bonds is 6. The molecule has 1 N–H and O–H groups in total. The largest absolute Gasteiger partial charge is 0.488 e. The number of benzene rings is 2. The number of aromatic nitrogens is 2. The van der Waals surface area contributed by atoms with Crippen LogP contribution in [0.4, 0.5) is 0 Å². The van der Waals surface area contributed by atoms with Crippen LogP contribution in [0.5, 0.6) is 5.75 Å². The van der Waals surface area contributed by atoms with Crippen molar-refractivity contribution in [1.29, 1.82) is 0 Å². The Hall–Kier alpha value is -3.12. The molecule has 4 rings (SSSR count). The Kier molecular flexibility index (Phi) is 4.64. The fourth-order valence-electron chi connectivity index (χ4n) is 2.94. The molecule has 0 unspecified atom stereocenters. The highest BCUT2D eigenvalue weighted by atomic mass is 32.1. The molecule has 2 aromatic carbocycles. The SMILES string of the molecule is CCc1ccc(OCc2ccccc2)c(-c2csc3nc(C(=O)O)cn23)c1. The number of nitrogens with zero attached hydrogens (tertiary/aromatic N) is 2. The van der Waals surface area contributed by atoms with Gasteiger partial charge in [-0.1, -0.05) is 43.3 Å². The smallest absolute Gasteiger partial charge is 0.356 e. The van der Waals surface area contributed by atoms with Gasteiger partial charge >= 0.3 is 5.97 Å². The van der Waals surface area contributed by atoms with E-state index in [1.807, 2.05) is 46.2 Å². The average Bonchev–Trinajstić information content (AvgIpc) is 3.28. The van der Waals surface area contributed by atoms with E-state index in [0.29, 0.717) is 11.6 Å². The van der Waals surface area contributed by atoms with Crippen molar-refractivity contribution >= 4 is 22.3 Å². The molecule has 27 heavy (non-hydrogen) atoms. The lowest BCUT2D eigenvalue weighted by molar-refractivity contribution is 0.0691. The van der Waals surface area contributed by atoms with E-state index in [2.05, 4.69) is 24.0 Å². The van der Waals surface area contributed by atoms with Crippen molar-refractivity contribution in [3.63, 3.8) is 0 Å². The first-order valence-electron chi connectivity index (χ1n) is 8.65. The van der Waals surface area contributed by atoms with Gasteiger partial charge in [0.25, 0.3) is 0 Å². The third kappa shape index (κ3) is 3.44. The van der Waals surface area contributed by atoms with Crippen LogP contribution < -0.4 is 4.74 Å². The van der Waals surface area contributed by atoms with Gasteiger partial charge in [0, 0.05) is 17.1 Å². The van der Waals surface area contributed by atoms with Gasteiger partial charge in [-0.15, -0.1) is 11.3 Å². The van der Waals surface area contributed by atoms with E-state index in [9.17, 15) is 9.90 Å². The van der Waals surface area contributed by atoms with Crippen LogP contribution in [0.2, 0.25) is 0 Å². The summed E-state index contributed by atoms with van der Waals surface area (Å²) in [6.45, 7) is 2.57. The Labute approximate surface area is 160 Å². The van der Waals surface area contributed by atoms with Gasteiger partial charge in [-0.25, -0.2) is 9.78 Å². The van der Waals surface area contributed by atoms with Crippen LogP contribution in [0.1, 0.15) is 28.5 Å². The topological polar surface area (TPSA) is 63.8 Å². The fraction of sp³-hybridized carbons (Fsp3) is 0.143. The number of aromatic carboxylic acids is 1. The van der Waals surface area contributed by atoms with Crippen LogP contribution in [0.15, 0.2) is 60.1 Å². The highest BCUT2D eigenvalue weighted by molar-refractivity contribution is 7.15. The fourth-order valence-corrected chi connectivity index (χ4v) is 3.81. The van der Waals surface area contributed by atoms with Crippen molar-refractivity contribution < 1.29 is 14.6 Å². The summed E-state index contributed by atoms with van der Waals surface area (Å²) in [5.41, 5.74) is 4.14. The van der Waals surface area contributed by atoms with Gasteiger partial charge in [0.2, 0.25) is 0 Å². The van der Waals surface area contributed by atoms with Gasteiger partial charge in [0.1, 0.15) is 12.4 Å². The number of carboxylic acids is 1. The molecule has 0 aliphatic rings. The first-order valence-corrected chi connectivity index (χ1v) is 9.53. The van der Waals surface area contributed by atoms with Crippen molar-refractivity contribution in [2.45, 2.75) is 20.0 Å². The monoisotopic (exact) mass is 378 g/mol. The number of ether oxygens (including phenoxy) is 1. The molecule has 0 aliphatic heterocycles. The molecular weight excluding hydrogens is 360 g/mol. The van der Waals surface area contributed by atoms with Crippen LogP contribution in [0, 0.1) is 0 Å². The molecule has 0 fully saturated rings. The Morgan fingerprint density at radius 3 is 2.74 bits per heavy atom. The van der Waals surface area contributed by atoms with Gasteiger partial charge in [-0.3, -0.25) is 4.40 Å². The maximum Gasteiger partial charge on any atom is 0.356 e. The zero-order chi connectivity index (χ0) is 18.8. The summed E-state index contributed by atoms with van der Waals surface area (Å²) in [5, 5.41) is 11.2. The lowest BCUT2D eigenvalue weighted by Crippen LogP contribution is -1.99. The summed E-state index contributed by atoms with van der Waals surface area (Å²) < 4.78 is 7.92. The molecule has 5 nitrogen and oxygen atoms in total. The Balaban J connectivity index is 1.75. The van der Waals surface area contributed by atoms with Gasteiger partial charge in [-0.05, 0) is 29.7 Å². The van der Waals surface area contributed by atoms with E-state index in [4.69, 9.17) is 4.74 Å². The van der Waals surface area contributed by atoms with E-state index in [1.165, 1.54) is 16.9 Å². The third-order valence-corrected chi connectivity index (χ3v) is 5.23. The molecule has 0 atom stereocenters. The van der Waals surface area contributed by atoms with Crippen LogP contribution in [0.3, 0.4) is 0 Å². The molecule has 6 heteroatoms. The summed E-state index contributed by atoms with van der Waals surface area (Å²) in [6.07, 6.45) is 2.46. The molecule has 0 radical (unpaired) electrons. The second-order valence-electron chi connectivity index (χ2n) is 6.16. The molecule has 0 bridgehead atoms. The summed E-state index contributed by atoms with van der Waals surface area (Å²) in [7, 11) is 0. The van der Waals surface area contributed by atoms with Gasteiger partial charge in [0.05, 0.1) is 5.69 Å². The molecule has 0 spiro atoms. The molecule has 2 aromatic heterocycles. The zero-order valence-electron chi connectivity index (χ0n) is 14.8. The van der Waals surface area contributed by atoms with E-state index in [-0.39, 0.29) is 5.69 Å². The molecular formula is C21H18N2O3S. The number of fused-ring (bicyclic) bond motifs is 1. The number of carbonyl (C=O) groups is 1. The maximum absolute atomic E-state index is 11.2. The minimum Gasteiger partial charge on any atom is -0.488 e. The van der Waals surface area contributed by atoms with E-state index in [1.54, 1.807) is 6.20 Å². The maximum atomic E-state index is 11.2. The summed E-state index contributed by atoms with van der Waals surface area (Å²) in [4.78, 5) is 16.1. The van der Waals surface area contributed by atoms with Crippen molar-refractivity contribution in [3.8, 4) is 17.0 Å². The van der Waals surface area contributed by atoms with Crippen LogP contribution >= 0.6 is 11.3 Å². The number of hydrogen-bond donors (Lipinski definition) is 1. The van der Waals surface area contributed by atoms with Crippen molar-refractivity contribution in [2.24, 2.45) is 0 Å². The molecule has 0 saturated heterocycles. The molecule has 0 amide bonds. The highest BCUT2D eigenvalue weighted by Gasteiger charge is 2.17. The summed E-state index contributed by atoms with van der Waals surface area (Å²) in [5.74, 6) is -0.263. The molecule has 0 saturated carbocycles. The number of imidazole rings is 1. The Bertz CT molecular complexity index is 1100. The number of thiazole rings is 1. The average molecular weight is 378 g/mol. The number of aryl methyl sites for hydroxylation is 1. The molecule has 136 valence electrons. The lowest BCUT2D eigenvalue weighted by Gasteiger charge is -2.13. The van der Waals surface area contributed by atoms with Gasteiger partial charge < -0.3 is 9.84 Å². The van der Waals surface area contributed by atoms with Crippen molar-refractivity contribution in [3.05, 3.63) is 76.9 Å². The van der Waals surface area contributed by atoms with Gasteiger partial charge in [0.15, 0.2) is 10.7 Å². The Morgan fingerprint density at radius 1 is 1.19 bits per heavy atom. The predicted molar refractivity (Wildman–Crippen MR) is 106 cm³/mol. The predicted octanol–water partition coefficient (Wildman–Crippen LogP) is 4.90. The van der Waals surface area contributed by atoms with Crippen LogP contribution in [-0.2, 0) is 13.0 Å². The van der Waals surface area contributed by atoms with Crippen molar-refractivity contribution in [2.75, 3.05) is 0 Å².